The average molecular weight is 533 g/mol. The molecule has 3 heterocycles. The van der Waals surface area contributed by atoms with Gasteiger partial charge in [0, 0.05) is 31.2 Å². The summed E-state index contributed by atoms with van der Waals surface area (Å²) >= 11 is 0. The molecule has 0 spiro atoms. The molecule has 2 atom stereocenters. The van der Waals surface area contributed by atoms with E-state index >= 15 is 0 Å². The van der Waals surface area contributed by atoms with Crippen molar-refractivity contribution in [3.05, 3.63) is 53.5 Å². The molecule has 5 rings (SSSR count). The molecule has 1 N–H and O–H groups in total. The number of rotatable bonds is 7. The third-order valence-electron chi connectivity index (χ3n) is 7.91. The number of nitriles is 1. The molecule has 0 bridgehead atoms. The number of carbonyl (C=O) groups is 1. The third kappa shape index (κ3) is 5.45. The van der Waals surface area contributed by atoms with Crippen molar-refractivity contribution >= 4 is 23.4 Å². The number of carbonyl (C=O) groups excluding carboxylic acids is 1. The van der Waals surface area contributed by atoms with Crippen molar-refractivity contribution in [1.29, 1.82) is 5.26 Å². The molecule has 1 aromatic heterocycles. The quantitative estimate of drug-likeness (QED) is 0.541. The molecule has 0 radical (unpaired) electrons. The second kappa shape index (κ2) is 11.4. The van der Waals surface area contributed by atoms with Gasteiger partial charge in [-0.15, -0.1) is 0 Å². The standard InChI is InChI=1S/C29H33FN6O3/c1-3-26(38)36-15-14-35(17-20(36)11-12-31)28-22-10-9-19(27-23(30)7-4-8-25(27)37)16-24(22)32-29(33-28)39-18-21-6-5-13-34(21)2/h3-4,7-8,16,20-21,37H,1,5-6,9-11,13-15,17-18H2,2H3/t20-,21-/m0/s1. The highest BCUT2D eigenvalue weighted by Gasteiger charge is 2.33. The molecule has 2 saturated heterocycles. The summed E-state index contributed by atoms with van der Waals surface area (Å²) in [5.41, 5.74) is 2.37. The van der Waals surface area contributed by atoms with Gasteiger partial charge in [0.05, 0.1) is 29.8 Å². The van der Waals surface area contributed by atoms with Gasteiger partial charge < -0.3 is 24.5 Å². The first-order valence-corrected chi connectivity index (χ1v) is 13.4. The number of halogens is 1. The molecule has 9 nitrogen and oxygen atoms in total. The number of likely N-dealkylation sites (N-methyl/N-ethyl adjacent to an activating group) is 1. The summed E-state index contributed by atoms with van der Waals surface area (Å²) in [5.74, 6) is -0.0813. The predicted octanol–water partition coefficient (Wildman–Crippen LogP) is 3.40. The fourth-order valence-electron chi connectivity index (χ4n) is 5.77. The van der Waals surface area contributed by atoms with Crippen molar-refractivity contribution in [1.82, 2.24) is 19.8 Å². The minimum Gasteiger partial charge on any atom is -0.507 e. The minimum absolute atomic E-state index is 0.109. The van der Waals surface area contributed by atoms with Gasteiger partial charge in [-0.1, -0.05) is 12.6 Å². The van der Waals surface area contributed by atoms with Crippen LogP contribution in [0.4, 0.5) is 10.2 Å². The SMILES string of the molecule is C=CC(=O)N1CCN(c2nc(OC[C@@H]3CCCN3C)nc3c2CCC(c2c(O)cccc2F)=C3)C[C@@H]1CC#N. The molecule has 2 aromatic rings. The summed E-state index contributed by atoms with van der Waals surface area (Å²) in [6.45, 7) is 6.48. The van der Waals surface area contributed by atoms with Gasteiger partial charge in [0.2, 0.25) is 5.91 Å². The van der Waals surface area contributed by atoms with Crippen LogP contribution in [0.2, 0.25) is 0 Å². The Hall–Kier alpha value is -3.97. The van der Waals surface area contributed by atoms with Gasteiger partial charge in [-0.2, -0.15) is 15.2 Å². The monoisotopic (exact) mass is 532 g/mol. The summed E-state index contributed by atoms with van der Waals surface area (Å²) in [7, 11) is 2.08. The summed E-state index contributed by atoms with van der Waals surface area (Å²) in [5, 5.41) is 19.8. The smallest absolute Gasteiger partial charge is 0.318 e. The molecular weight excluding hydrogens is 499 g/mol. The Balaban J connectivity index is 1.51. The van der Waals surface area contributed by atoms with E-state index in [-0.39, 0.29) is 41.7 Å². The number of hydrogen-bond acceptors (Lipinski definition) is 8. The van der Waals surface area contributed by atoms with Gasteiger partial charge in [0.15, 0.2) is 0 Å². The van der Waals surface area contributed by atoms with E-state index in [1.807, 2.05) is 0 Å². The zero-order chi connectivity index (χ0) is 27.5. The highest BCUT2D eigenvalue weighted by atomic mass is 19.1. The number of fused-ring (bicyclic) bond motifs is 1. The Morgan fingerprint density at radius 2 is 2.13 bits per heavy atom. The van der Waals surface area contributed by atoms with Crippen LogP contribution in [-0.4, -0.2) is 82.7 Å². The average Bonchev–Trinajstić information content (AvgIpc) is 3.35. The maximum Gasteiger partial charge on any atom is 0.318 e. The van der Waals surface area contributed by atoms with E-state index in [0.717, 1.165) is 24.9 Å². The third-order valence-corrected chi connectivity index (χ3v) is 7.91. The Bertz CT molecular complexity index is 1320. The summed E-state index contributed by atoms with van der Waals surface area (Å²) < 4.78 is 20.8. The topological polar surface area (TPSA) is 106 Å². The first kappa shape index (κ1) is 26.6. The van der Waals surface area contributed by atoms with Gasteiger partial charge in [0.1, 0.15) is 24.0 Å². The lowest BCUT2D eigenvalue weighted by atomic mass is 9.90. The lowest BCUT2D eigenvalue weighted by molar-refractivity contribution is -0.128. The Kier molecular flexibility index (Phi) is 7.79. The normalized spacial score (nSPS) is 21.2. The van der Waals surface area contributed by atoms with Crippen molar-refractivity contribution in [2.45, 2.75) is 44.2 Å². The maximum atomic E-state index is 14.7. The first-order valence-electron chi connectivity index (χ1n) is 13.4. The van der Waals surface area contributed by atoms with E-state index in [4.69, 9.17) is 14.7 Å². The van der Waals surface area contributed by atoms with Crippen LogP contribution in [0.3, 0.4) is 0 Å². The van der Waals surface area contributed by atoms with E-state index in [1.54, 1.807) is 11.0 Å². The van der Waals surface area contributed by atoms with Crippen LogP contribution in [0, 0.1) is 17.1 Å². The summed E-state index contributed by atoms with van der Waals surface area (Å²) in [4.78, 5) is 28.0. The molecule has 1 aromatic carbocycles. The number of nitrogens with zero attached hydrogens (tertiary/aromatic N) is 6. The highest BCUT2D eigenvalue weighted by molar-refractivity contribution is 5.88. The van der Waals surface area contributed by atoms with Gasteiger partial charge in [0.25, 0.3) is 0 Å². The molecule has 2 fully saturated rings. The zero-order valence-electron chi connectivity index (χ0n) is 22.1. The highest BCUT2D eigenvalue weighted by Crippen LogP contribution is 2.39. The van der Waals surface area contributed by atoms with Gasteiger partial charge in [-0.3, -0.25) is 4.79 Å². The van der Waals surface area contributed by atoms with E-state index in [2.05, 4.69) is 29.5 Å². The molecular formula is C29H33FN6O3. The van der Waals surface area contributed by atoms with Crippen LogP contribution in [0.25, 0.3) is 11.6 Å². The number of aromatic nitrogens is 2. The number of ether oxygens (including phenoxy) is 1. The largest absolute Gasteiger partial charge is 0.507 e. The fourth-order valence-corrected chi connectivity index (χ4v) is 5.77. The van der Waals surface area contributed by atoms with Crippen molar-refractivity contribution in [3.63, 3.8) is 0 Å². The minimum atomic E-state index is -0.484. The number of phenolic OH excluding ortho intramolecular Hbond substituents is 1. The first-order chi connectivity index (χ1) is 18.9. The number of anilines is 1. The van der Waals surface area contributed by atoms with Gasteiger partial charge >= 0.3 is 6.01 Å². The number of aromatic hydroxyl groups is 1. The van der Waals surface area contributed by atoms with Crippen molar-refractivity contribution in [3.8, 4) is 17.8 Å². The number of hydrogen-bond donors (Lipinski definition) is 1. The second-order valence-corrected chi connectivity index (χ2v) is 10.3. The molecule has 39 heavy (non-hydrogen) atoms. The fraction of sp³-hybridized carbons (Fsp3) is 0.448. The van der Waals surface area contributed by atoms with Crippen LogP contribution in [-0.2, 0) is 11.2 Å². The van der Waals surface area contributed by atoms with Crippen molar-refractivity contribution in [2.24, 2.45) is 0 Å². The molecule has 204 valence electrons. The summed E-state index contributed by atoms with van der Waals surface area (Å²) in [6, 6.07) is 6.70. The lowest BCUT2D eigenvalue weighted by Crippen LogP contribution is -2.55. The second-order valence-electron chi connectivity index (χ2n) is 10.3. The van der Waals surface area contributed by atoms with Crippen LogP contribution in [0.5, 0.6) is 11.8 Å². The number of phenols is 1. The van der Waals surface area contributed by atoms with Gasteiger partial charge in [-0.25, -0.2) is 4.39 Å². The molecule has 1 amide bonds. The van der Waals surface area contributed by atoms with Crippen LogP contribution in [0.1, 0.15) is 42.5 Å². The van der Waals surface area contributed by atoms with E-state index in [9.17, 15) is 19.6 Å². The number of benzene rings is 1. The Morgan fingerprint density at radius 1 is 1.28 bits per heavy atom. The lowest BCUT2D eigenvalue weighted by Gasteiger charge is -2.41. The number of amides is 1. The number of allylic oxidation sites excluding steroid dienone is 1. The molecule has 2 aliphatic heterocycles. The maximum absolute atomic E-state index is 14.7. The van der Waals surface area contributed by atoms with E-state index in [0.29, 0.717) is 56.2 Å². The van der Waals surface area contributed by atoms with Crippen LogP contribution in [0.15, 0.2) is 30.9 Å². The molecule has 0 saturated carbocycles. The molecule has 0 unspecified atom stereocenters. The van der Waals surface area contributed by atoms with E-state index < -0.39 is 5.82 Å². The molecule has 10 heteroatoms. The van der Waals surface area contributed by atoms with Crippen LogP contribution < -0.4 is 9.64 Å². The Morgan fingerprint density at radius 3 is 2.85 bits per heavy atom. The van der Waals surface area contributed by atoms with Crippen molar-refractivity contribution in [2.75, 3.05) is 44.7 Å². The van der Waals surface area contributed by atoms with Crippen LogP contribution >= 0.6 is 0 Å². The predicted molar refractivity (Wildman–Crippen MR) is 146 cm³/mol. The number of piperazine rings is 1. The molecule has 3 aliphatic rings. The zero-order valence-corrected chi connectivity index (χ0v) is 22.1. The summed E-state index contributed by atoms with van der Waals surface area (Å²) in [6.07, 6.45) is 6.49. The number of likely N-dealkylation sites (tertiary alicyclic amines) is 1. The van der Waals surface area contributed by atoms with Crippen molar-refractivity contribution < 1.29 is 19.0 Å². The van der Waals surface area contributed by atoms with Gasteiger partial charge in [-0.05, 0) is 69.1 Å². The Labute approximate surface area is 227 Å². The molecule has 1 aliphatic carbocycles. The van der Waals surface area contributed by atoms with E-state index in [1.165, 1.54) is 24.3 Å².